The molecule has 0 radical (unpaired) electrons. The van der Waals surface area contributed by atoms with E-state index in [9.17, 15) is 0 Å². The van der Waals surface area contributed by atoms with E-state index in [2.05, 4.69) is 10.3 Å². The Hall–Kier alpha value is -1.91. The van der Waals surface area contributed by atoms with E-state index in [1.165, 1.54) is 0 Å². The number of nitrogens with two attached hydrogens (primary N) is 1. The van der Waals surface area contributed by atoms with Crippen LogP contribution in [0.3, 0.4) is 0 Å². The molecule has 0 aromatic heterocycles. The molecule has 1 unspecified atom stereocenters. The van der Waals surface area contributed by atoms with Crippen molar-refractivity contribution < 1.29 is 4.74 Å². The van der Waals surface area contributed by atoms with Crippen LogP contribution in [0.5, 0.6) is 5.75 Å². The zero-order valence-electron chi connectivity index (χ0n) is 13.0. The van der Waals surface area contributed by atoms with E-state index in [0.717, 1.165) is 16.9 Å². The van der Waals surface area contributed by atoms with E-state index in [-0.39, 0.29) is 6.04 Å². The van der Waals surface area contributed by atoms with Crippen LogP contribution < -0.4 is 15.8 Å². The smallest absolute Gasteiger partial charge is 0.189 e. The second kappa shape index (κ2) is 8.09. The average Bonchev–Trinajstić information content (AvgIpc) is 2.53. The van der Waals surface area contributed by atoms with Crippen LogP contribution >= 0.6 is 23.2 Å². The number of benzene rings is 2. The third kappa shape index (κ3) is 4.78. The number of hydrogen-bond donors (Lipinski definition) is 2. The van der Waals surface area contributed by atoms with E-state index < -0.39 is 0 Å². The third-order valence-corrected chi connectivity index (χ3v) is 3.97. The van der Waals surface area contributed by atoms with Gasteiger partial charge in [-0.15, -0.1) is 0 Å². The minimum atomic E-state index is -0.0822. The first-order chi connectivity index (χ1) is 11.0. The van der Waals surface area contributed by atoms with Crippen molar-refractivity contribution in [1.82, 2.24) is 5.32 Å². The van der Waals surface area contributed by atoms with Crippen molar-refractivity contribution in [3.05, 3.63) is 63.6 Å². The lowest BCUT2D eigenvalue weighted by molar-refractivity contribution is 0.410. The predicted octanol–water partition coefficient (Wildman–Crippen LogP) is 4.17. The minimum Gasteiger partial charge on any atom is -0.496 e. The number of halogens is 2. The fourth-order valence-corrected chi connectivity index (χ4v) is 2.77. The molecular formula is C17H19Cl2N3O. The standard InChI is InChI=1S/C17H19Cl2N3O/c1-11(14-8-7-13(18)9-15(14)19)22-17(20)21-10-12-5-3-4-6-16(12)23-2/h3-9,11H,10H2,1-2H3,(H3,20,21,22). The number of methoxy groups -OCH3 is 1. The zero-order valence-corrected chi connectivity index (χ0v) is 14.5. The molecular weight excluding hydrogens is 333 g/mol. The van der Waals surface area contributed by atoms with Gasteiger partial charge in [0.05, 0.1) is 19.7 Å². The maximum Gasteiger partial charge on any atom is 0.189 e. The molecule has 3 N–H and O–H groups in total. The lowest BCUT2D eigenvalue weighted by atomic mass is 10.1. The third-order valence-electron chi connectivity index (χ3n) is 3.41. The van der Waals surface area contributed by atoms with Crippen LogP contribution in [0.1, 0.15) is 24.1 Å². The SMILES string of the molecule is COc1ccccc1CN=C(N)NC(C)c1ccc(Cl)cc1Cl. The lowest BCUT2D eigenvalue weighted by Crippen LogP contribution is -2.34. The quantitative estimate of drug-likeness (QED) is 0.627. The van der Waals surface area contributed by atoms with Gasteiger partial charge in [-0.1, -0.05) is 47.5 Å². The molecule has 4 nitrogen and oxygen atoms in total. The first-order valence-electron chi connectivity index (χ1n) is 7.14. The molecule has 2 aromatic carbocycles. The van der Waals surface area contributed by atoms with Crippen molar-refractivity contribution in [2.75, 3.05) is 7.11 Å². The summed E-state index contributed by atoms with van der Waals surface area (Å²) in [6, 6.07) is 13.0. The van der Waals surface area contributed by atoms with Gasteiger partial charge in [-0.25, -0.2) is 4.99 Å². The van der Waals surface area contributed by atoms with Gasteiger partial charge in [0.1, 0.15) is 5.75 Å². The Bertz CT molecular complexity index is 704. The topological polar surface area (TPSA) is 59.6 Å². The molecule has 0 saturated carbocycles. The molecule has 2 rings (SSSR count). The summed E-state index contributed by atoms with van der Waals surface area (Å²) in [4.78, 5) is 4.35. The van der Waals surface area contributed by atoms with Crippen molar-refractivity contribution in [3.63, 3.8) is 0 Å². The van der Waals surface area contributed by atoms with Gasteiger partial charge >= 0.3 is 0 Å². The molecule has 0 aliphatic heterocycles. The van der Waals surface area contributed by atoms with Gasteiger partial charge in [-0.05, 0) is 30.7 Å². The van der Waals surface area contributed by atoms with Gasteiger partial charge in [0.2, 0.25) is 0 Å². The first-order valence-corrected chi connectivity index (χ1v) is 7.90. The minimum absolute atomic E-state index is 0.0822. The van der Waals surface area contributed by atoms with E-state index in [1.807, 2.05) is 37.3 Å². The van der Waals surface area contributed by atoms with E-state index in [1.54, 1.807) is 19.2 Å². The molecule has 0 aliphatic carbocycles. The first kappa shape index (κ1) is 17.4. The number of hydrogen-bond acceptors (Lipinski definition) is 2. The summed E-state index contributed by atoms with van der Waals surface area (Å²) in [5.74, 6) is 1.13. The fourth-order valence-electron chi connectivity index (χ4n) is 2.20. The van der Waals surface area contributed by atoms with Gasteiger partial charge in [-0.3, -0.25) is 0 Å². The molecule has 0 bridgehead atoms. The molecule has 1 atom stereocenters. The zero-order chi connectivity index (χ0) is 16.8. The van der Waals surface area contributed by atoms with Crippen LogP contribution in [0.2, 0.25) is 10.0 Å². The molecule has 23 heavy (non-hydrogen) atoms. The number of ether oxygens (including phenoxy) is 1. The summed E-state index contributed by atoms with van der Waals surface area (Å²) in [5.41, 5.74) is 7.84. The second-order valence-electron chi connectivity index (χ2n) is 5.05. The van der Waals surface area contributed by atoms with Crippen molar-refractivity contribution in [2.45, 2.75) is 19.5 Å². The van der Waals surface area contributed by atoms with E-state index in [0.29, 0.717) is 22.5 Å². The second-order valence-corrected chi connectivity index (χ2v) is 5.89. The number of nitrogens with zero attached hydrogens (tertiary/aromatic N) is 1. The summed E-state index contributed by atoms with van der Waals surface area (Å²) in [6.07, 6.45) is 0. The number of guanidine groups is 1. The van der Waals surface area contributed by atoms with Crippen molar-refractivity contribution in [2.24, 2.45) is 10.7 Å². The summed E-state index contributed by atoms with van der Waals surface area (Å²) in [7, 11) is 1.63. The lowest BCUT2D eigenvalue weighted by Gasteiger charge is -2.16. The highest BCUT2D eigenvalue weighted by Gasteiger charge is 2.10. The normalized spacial score (nSPS) is 12.8. The van der Waals surface area contributed by atoms with Crippen LogP contribution in [0.4, 0.5) is 0 Å². The maximum atomic E-state index is 6.20. The van der Waals surface area contributed by atoms with Crippen LogP contribution in [0.25, 0.3) is 0 Å². The van der Waals surface area contributed by atoms with Crippen LogP contribution in [-0.2, 0) is 6.54 Å². The Labute approximate surface area is 146 Å². The number of rotatable bonds is 5. The molecule has 0 aliphatic rings. The van der Waals surface area contributed by atoms with Crippen molar-refractivity contribution >= 4 is 29.2 Å². The number of para-hydroxylation sites is 1. The average molecular weight is 352 g/mol. The van der Waals surface area contributed by atoms with Gasteiger partial charge in [0, 0.05) is 15.6 Å². The molecule has 6 heteroatoms. The highest BCUT2D eigenvalue weighted by molar-refractivity contribution is 6.35. The highest BCUT2D eigenvalue weighted by atomic mass is 35.5. The Morgan fingerprint density at radius 3 is 2.70 bits per heavy atom. The summed E-state index contributed by atoms with van der Waals surface area (Å²) in [5, 5.41) is 4.32. The van der Waals surface area contributed by atoms with E-state index in [4.69, 9.17) is 33.7 Å². The molecule has 2 aromatic rings. The van der Waals surface area contributed by atoms with Gasteiger partial charge in [0.25, 0.3) is 0 Å². The summed E-state index contributed by atoms with van der Waals surface area (Å²) < 4.78 is 5.29. The van der Waals surface area contributed by atoms with Crippen molar-refractivity contribution in [3.8, 4) is 5.75 Å². The Balaban J connectivity index is 2.04. The van der Waals surface area contributed by atoms with Crippen LogP contribution in [-0.4, -0.2) is 13.1 Å². The fraction of sp³-hybridized carbons (Fsp3) is 0.235. The molecule has 122 valence electrons. The highest BCUT2D eigenvalue weighted by Crippen LogP contribution is 2.26. The van der Waals surface area contributed by atoms with E-state index >= 15 is 0 Å². The molecule has 0 saturated heterocycles. The monoisotopic (exact) mass is 351 g/mol. The molecule has 0 fully saturated rings. The van der Waals surface area contributed by atoms with Gasteiger partial charge < -0.3 is 15.8 Å². The molecule has 0 heterocycles. The molecule has 0 amide bonds. The summed E-state index contributed by atoms with van der Waals surface area (Å²) in [6.45, 7) is 2.39. The Kier molecular flexibility index (Phi) is 6.13. The van der Waals surface area contributed by atoms with Crippen LogP contribution in [0.15, 0.2) is 47.5 Å². The van der Waals surface area contributed by atoms with Crippen molar-refractivity contribution in [1.29, 1.82) is 0 Å². The largest absolute Gasteiger partial charge is 0.496 e. The number of nitrogens with one attached hydrogen (secondary N) is 1. The Morgan fingerprint density at radius 2 is 2.00 bits per heavy atom. The Morgan fingerprint density at radius 1 is 1.26 bits per heavy atom. The van der Waals surface area contributed by atoms with Gasteiger partial charge in [-0.2, -0.15) is 0 Å². The molecule has 0 spiro atoms. The maximum absolute atomic E-state index is 6.20. The van der Waals surface area contributed by atoms with Crippen LogP contribution in [0, 0.1) is 0 Å². The summed E-state index contributed by atoms with van der Waals surface area (Å²) >= 11 is 12.1. The predicted molar refractivity (Wildman–Crippen MR) is 96.3 cm³/mol. The van der Waals surface area contributed by atoms with Gasteiger partial charge in [0.15, 0.2) is 5.96 Å². The number of aliphatic imine (C=N–C) groups is 1.